The van der Waals surface area contributed by atoms with E-state index in [0.29, 0.717) is 34.8 Å². The number of amides is 1. The molecule has 0 aliphatic carbocycles. The van der Waals surface area contributed by atoms with Crippen molar-refractivity contribution in [3.63, 3.8) is 0 Å². The van der Waals surface area contributed by atoms with Gasteiger partial charge in [-0.3, -0.25) is 4.79 Å². The van der Waals surface area contributed by atoms with Crippen molar-refractivity contribution in [2.45, 2.75) is 13.3 Å². The lowest BCUT2D eigenvalue weighted by atomic mass is 10.2. The quantitative estimate of drug-likeness (QED) is 0.866. The van der Waals surface area contributed by atoms with Crippen LogP contribution in [0.25, 0.3) is 0 Å². The number of carbonyl (C=O) groups excluding carboxylic acids is 1. The Balaban J connectivity index is 1.87. The molecule has 0 radical (unpaired) electrons. The second kappa shape index (κ2) is 5.72. The molecule has 0 aliphatic rings. The zero-order valence-electron chi connectivity index (χ0n) is 9.68. The summed E-state index contributed by atoms with van der Waals surface area (Å²) in [5, 5.41) is 6.43. The number of nitrogens with zero attached hydrogens (tertiary/aromatic N) is 3. The summed E-state index contributed by atoms with van der Waals surface area (Å²) in [5.74, 6) is 0.913. The Bertz CT molecular complexity index is 555. The van der Waals surface area contributed by atoms with Crippen molar-refractivity contribution in [3.8, 4) is 0 Å². The zero-order chi connectivity index (χ0) is 13.0. The van der Waals surface area contributed by atoms with E-state index in [2.05, 4.69) is 36.4 Å². The summed E-state index contributed by atoms with van der Waals surface area (Å²) < 4.78 is 5.47. The minimum absolute atomic E-state index is 0.189. The Labute approximate surface area is 112 Å². The number of hydrogen-bond acceptors (Lipinski definition) is 5. The normalized spacial score (nSPS) is 10.3. The second-order valence-electron chi connectivity index (χ2n) is 3.58. The highest BCUT2D eigenvalue weighted by Gasteiger charge is 2.10. The number of halogens is 1. The fraction of sp³-hybridized carbons (Fsp3) is 0.273. The molecule has 1 amide bonds. The first kappa shape index (κ1) is 12.7. The highest BCUT2D eigenvalue weighted by Crippen LogP contribution is 2.11. The Hall–Kier alpha value is -1.76. The lowest BCUT2D eigenvalue weighted by Gasteiger charge is -2.04. The van der Waals surface area contributed by atoms with Crippen molar-refractivity contribution in [3.05, 3.63) is 40.2 Å². The molecule has 0 spiro atoms. The fourth-order valence-corrected chi connectivity index (χ4v) is 1.81. The summed E-state index contributed by atoms with van der Waals surface area (Å²) >= 11 is 3.22. The summed E-state index contributed by atoms with van der Waals surface area (Å²) in [6.07, 6.45) is 2.12. The lowest BCUT2D eigenvalue weighted by molar-refractivity contribution is 0.0952. The summed E-state index contributed by atoms with van der Waals surface area (Å²) in [6.45, 7) is 2.18. The minimum Gasteiger partial charge on any atom is -0.351 e. The van der Waals surface area contributed by atoms with Crippen molar-refractivity contribution >= 4 is 21.8 Å². The van der Waals surface area contributed by atoms with E-state index in [1.807, 2.05) is 0 Å². The van der Waals surface area contributed by atoms with Gasteiger partial charge in [0.1, 0.15) is 4.60 Å². The Morgan fingerprint density at radius 1 is 1.56 bits per heavy atom. The molecule has 1 N–H and O–H groups in total. The molecule has 7 heteroatoms. The Morgan fingerprint density at radius 3 is 3.06 bits per heavy atom. The molecule has 0 unspecified atom stereocenters. The SMILES string of the molecule is Cc1noc(CCNC(=O)c2cccnc2Br)n1. The third-order valence-corrected chi connectivity index (χ3v) is 2.83. The van der Waals surface area contributed by atoms with Gasteiger partial charge < -0.3 is 9.84 Å². The van der Waals surface area contributed by atoms with Gasteiger partial charge in [0.25, 0.3) is 5.91 Å². The minimum atomic E-state index is -0.189. The molecule has 2 rings (SSSR count). The van der Waals surface area contributed by atoms with Gasteiger partial charge in [0, 0.05) is 19.2 Å². The van der Waals surface area contributed by atoms with E-state index < -0.39 is 0 Å². The van der Waals surface area contributed by atoms with E-state index in [1.54, 1.807) is 25.3 Å². The molecule has 2 aromatic heterocycles. The van der Waals surface area contributed by atoms with Crippen molar-refractivity contribution in [2.24, 2.45) is 0 Å². The van der Waals surface area contributed by atoms with Gasteiger partial charge in [-0.25, -0.2) is 4.98 Å². The zero-order valence-corrected chi connectivity index (χ0v) is 11.3. The molecule has 0 aliphatic heterocycles. The number of rotatable bonds is 4. The summed E-state index contributed by atoms with van der Waals surface area (Å²) in [7, 11) is 0. The molecule has 2 heterocycles. The Kier molecular flexibility index (Phi) is 4.03. The maximum Gasteiger partial charge on any atom is 0.254 e. The first-order valence-electron chi connectivity index (χ1n) is 5.34. The molecule has 0 fully saturated rings. The molecule has 0 aromatic carbocycles. The average molecular weight is 311 g/mol. The van der Waals surface area contributed by atoms with Gasteiger partial charge in [-0.1, -0.05) is 5.16 Å². The third-order valence-electron chi connectivity index (χ3n) is 2.20. The summed E-state index contributed by atoms with van der Waals surface area (Å²) in [6, 6.07) is 3.41. The predicted octanol–water partition coefficient (Wildman–Crippen LogP) is 1.51. The van der Waals surface area contributed by atoms with Crippen LogP contribution in [-0.4, -0.2) is 27.6 Å². The number of carbonyl (C=O) groups is 1. The monoisotopic (exact) mass is 310 g/mol. The molecule has 0 bridgehead atoms. The van der Waals surface area contributed by atoms with Crippen LogP contribution in [0.4, 0.5) is 0 Å². The van der Waals surface area contributed by atoms with Crippen molar-refractivity contribution in [1.82, 2.24) is 20.4 Å². The lowest BCUT2D eigenvalue weighted by Crippen LogP contribution is -2.26. The number of nitrogens with one attached hydrogen (secondary N) is 1. The average Bonchev–Trinajstić information content (AvgIpc) is 2.75. The van der Waals surface area contributed by atoms with Crippen LogP contribution in [0.2, 0.25) is 0 Å². The van der Waals surface area contributed by atoms with E-state index in [4.69, 9.17) is 4.52 Å². The van der Waals surface area contributed by atoms with Gasteiger partial charge in [0.2, 0.25) is 5.89 Å². The third kappa shape index (κ3) is 3.13. The maximum atomic E-state index is 11.8. The van der Waals surface area contributed by atoms with Crippen LogP contribution in [0.3, 0.4) is 0 Å². The van der Waals surface area contributed by atoms with Gasteiger partial charge in [0.15, 0.2) is 5.82 Å². The van der Waals surface area contributed by atoms with Crippen LogP contribution >= 0.6 is 15.9 Å². The van der Waals surface area contributed by atoms with Gasteiger partial charge in [-0.2, -0.15) is 4.98 Å². The Morgan fingerprint density at radius 2 is 2.39 bits per heavy atom. The summed E-state index contributed by atoms with van der Waals surface area (Å²) in [4.78, 5) is 19.8. The molecule has 6 nitrogen and oxygen atoms in total. The topological polar surface area (TPSA) is 80.9 Å². The molecule has 0 atom stereocenters. The largest absolute Gasteiger partial charge is 0.351 e. The van der Waals surface area contributed by atoms with Crippen molar-refractivity contribution < 1.29 is 9.32 Å². The van der Waals surface area contributed by atoms with Crippen LogP contribution in [0, 0.1) is 6.92 Å². The fourth-order valence-electron chi connectivity index (χ4n) is 1.38. The molecule has 0 saturated carbocycles. The van der Waals surface area contributed by atoms with Crippen molar-refractivity contribution in [1.29, 1.82) is 0 Å². The number of aryl methyl sites for hydroxylation is 1. The van der Waals surface area contributed by atoms with E-state index in [0.717, 1.165) is 0 Å². The van der Waals surface area contributed by atoms with Crippen LogP contribution in [0.1, 0.15) is 22.1 Å². The second-order valence-corrected chi connectivity index (χ2v) is 4.33. The van der Waals surface area contributed by atoms with Gasteiger partial charge >= 0.3 is 0 Å². The smallest absolute Gasteiger partial charge is 0.254 e. The van der Waals surface area contributed by atoms with Gasteiger partial charge in [0.05, 0.1) is 5.56 Å². The first-order chi connectivity index (χ1) is 8.66. The standard InChI is InChI=1S/C11H11BrN4O2/c1-7-15-9(18-16-7)4-6-14-11(17)8-3-2-5-13-10(8)12/h2-3,5H,4,6H2,1H3,(H,14,17). The maximum absolute atomic E-state index is 11.8. The highest BCUT2D eigenvalue weighted by molar-refractivity contribution is 9.10. The number of aromatic nitrogens is 3. The predicted molar refractivity (Wildman–Crippen MR) is 67.0 cm³/mol. The number of pyridine rings is 1. The van der Waals surface area contributed by atoms with Gasteiger partial charge in [-0.05, 0) is 35.0 Å². The molecule has 0 saturated heterocycles. The van der Waals surface area contributed by atoms with Crippen LogP contribution < -0.4 is 5.32 Å². The van der Waals surface area contributed by atoms with Crippen molar-refractivity contribution in [2.75, 3.05) is 6.54 Å². The molecule has 18 heavy (non-hydrogen) atoms. The number of hydrogen-bond donors (Lipinski definition) is 1. The van der Waals surface area contributed by atoms with E-state index in [1.165, 1.54) is 0 Å². The molecule has 94 valence electrons. The first-order valence-corrected chi connectivity index (χ1v) is 6.14. The van der Waals surface area contributed by atoms with Crippen LogP contribution in [0.5, 0.6) is 0 Å². The van der Waals surface area contributed by atoms with E-state index in [9.17, 15) is 4.79 Å². The van der Waals surface area contributed by atoms with Gasteiger partial charge in [-0.15, -0.1) is 0 Å². The van der Waals surface area contributed by atoms with E-state index >= 15 is 0 Å². The highest BCUT2D eigenvalue weighted by atomic mass is 79.9. The van der Waals surface area contributed by atoms with E-state index in [-0.39, 0.29) is 5.91 Å². The summed E-state index contributed by atoms with van der Waals surface area (Å²) in [5.41, 5.74) is 0.499. The molecular formula is C11H11BrN4O2. The molecule has 2 aromatic rings. The molecular weight excluding hydrogens is 300 g/mol. The van der Waals surface area contributed by atoms with Crippen LogP contribution in [0.15, 0.2) is 27.5 Å². The van der Waals surface area contributed by atoms with Crippen LogP contribution in [-0.2, 0) is 6.42 Å².